The first-order valence-corrected chi connectivity index (χ1v) is 14.6. The van der Waals surface area contributed by atoms with Gasteiger partial charge < -0.3 is 14.1 Å². The van der Waals surface area contributed by atoms with E-state index in [4.69, 9.17) is 48.5 Å². The van der Waals surface area contributed by atoms with Crippen molar-refractivity contribution in [2.24, 2.45) is 0 Å². The molecule has 0 radical (unpaired) electrons. The van der Waals surface area contributed by atoms with Crippen molar-refractivity contribution in [3.05, 3.63) is 44.0 Å². The Morgan fingerprint density at radius 2 is 1.82 bits per heavy atom. The molecule has 0 amide bonds. The number of hydrogen-bond donors (Lipinski definition) is 2. The first-order valence-electron chi connectivity index (χ1n) is 9.41. The van der Waals surface area contributed by atoms with Crippen LogP contribution in [0.3, 0.4) is 0 Å². The third kappa shape index (κ3) is 5.31. The smallest absolute Gasteiger partial charge is 0.326 e. The molecular weight excluding hydrogens is 575 g/mol. The van der Waals surface area contributed by atoms with E-state index >= 15 is 0 Å². The van der Waals surface area contributed by atoms with Crippen LogP contribution in [0.2, 0.25) is 15.5 Å². The number of thiazole rings is 1. The fourth-order valence-electron chi connectivity index (χ4n) is 3.41. The maximum Gasteiger partial charge on any atom is 0.326 e. The maximum atomic E-state index is 11.7. The highest BCUT2D eigenvalue weighted by Gasteiger charge is 2.34. The van der Waals surface area contributed by atoms with Gasteiger partial charge >= 0.3 is 10.1 Å². The second-order valence-corrected chi connectivity index (χ2v) is 12.5. The van der Waals surface area contributed by atoms with E-state index in [9.17, 15) is 21.4 Å². The van der Waals surface area contributed by atoms with Crippen molar-refractivity contribution in [2.75, 3.05) is 17.2 Å². The summed E-state index contributed by atoms with van der Waals surface area (Å²) in [5.74, 6) is -0.636. The normalized spacial score (nSPS) is 15.4. The number of aromatic nitrogens is 1. The molecule has 10 nitrogen and oxygen atoms in total. The van der Waals surface area contributed by atoms with Crippen molar-refractivity contribution in [3.63, 3.8) is 0 Å². The number of rotatable bonds is 7. The molecule has 0 saturated carbocycles. The van der Waals surface area contributed by atoms with Crippen LogP contribution in [0.5, 0.6) is 5.75 Å². The summed E-state index contributed by atoms with van der Waals surface area (Å²) in [5.41, 5.74) is 1.48. The molecule has 4 rings (SSSR count). The van der Waals surface area contributed by atoms with E-state index in [1.165, 1.54) is 10.6 Å². The standard InChI is InChI=1S/C18H15Cl3N2O8S3/c1-9-5-12-11(6-10(9)19)22(3-2-4-33(24,25)26)13(30-12)7-14-23(8-34(27,28)29)15-16(32-14)18(21)31-17(15)20/h5-7H,2-4,8H2,1H3,(H-,24,25,26,27,28,29)/p+1. The number of fused-ring (bicyclic) bond motifs is 2. The molecule has 0 fully saturated rings. The lowest BCUT2D eigenvalue weighted by Gasteiger charge is -2.17. The number of aryl methyl sites for hydroxylation is 1. The number of furan rings is 1. The van der Waals surface area contributed by atoms with Gasteiger partial charge in [-0.05, 0) is 54.2 Å². The van der Waals surface area contributed by atoms with Crippen molar-refractivity contribution in [1.29, 1.82) is 0 Å². The average Bonchev–Trinajstić information content (AvgIpc) is 3.28. The van der Waals surface area contributed by atoms with E-state index in [1.807, 2.05) is 0 Å². The molecule has 34 heavy (non-hydrogen) atoms. The van der Waals surface area contributed by atoms with Crippen molar-refractivity contribution in [3.8, 4) is 5.75 Å². The zero-order chi connectivity index (χ0) is 25.0. The first-order chi connectivity index (χ1) is 15.7. The summed E-state index contributed by atoms with van der Waals surface area (Å²) in [7, 11) is -8.66. The summed E-state index contributed by atoms with van der Waals surface area (Å²) in [6, 6.07) is 3.36. The van der Waals surface area contributed by atoms with Crippen LogP contribution in [-0.4, -0.2) is 38.2 Å². The van der Waals surface area contributed by atoms with Crippen molar-refractivity contribution >= 4 is 88.4 Å². The fraction of sp³-hybridized carbons (Fsp3) is 0.278. The van der Waals surface area contributed by atoms with Gasteiger partial charge in [-0.1, -0.05) is 22.9 Å². The predicted molar refractivity (Wildman–Crippen MR) is 129 cm³/mol. The minimum absolute atomic E-state index is 0.0539. The Morgan fingerprint density at radius 3 is 2.47 bits per heavy atom. The van der Waals surface area contributed by atoms with Crippen LogP contribution >= 0.6 is 46.1 Å². The van der Waals surface area contributed by atoms with Gasteiger partial charge in [0, 0.05) is 11.6 Å². The van der Waals surface area contributed by atoms with Crippen molar-refractivity contribution in [1.82, 2.24) is 0 Å². The van der Waals surface area contributed by atoms with Gasteiger partial charge in [-0.3, -0.25) is 9.11 Å². The molecule has 0 saturated heterocycles. The molecule has 16 heteroatoms. The van der Waals surface area contributed by atoms with Crippen molar-refractivity contribution in [2.45, 2.75) is 19.2 Å². The van der Waals surface area contributed by atoms with Crippen LogP contribution in [0.25, 0.3) is 16.3 Å². The fourth-order valence-corrected chi connectivity index (χ4v) is 6.45. The molecule has 0 spiro atoms. The van der Waals surface area contributed by atoms with Gasteiger partial charge in [-0.2, -0.15) is 21.4 Å². The van der Waals surface area contributed by atoms with Crippen LogP contribution in [0.4, 0.5) is 5.69 Å². The molecule has 0 bridgehead atoms. The molecule has 3 aromatic rings. The molecule has 1 aliphatic rings. The highest BCUT2D eigenvalue weighted by Crippen LogP contribution is 2.43. The number of anilines is 1. The molecule has 184 valence electrons. The van der Waals surface area contributed by atoms with E-state index in [1.54, 1.807) is 24.0 Å². The van der Waals surface area contributed by atoms with Crippen LogP contribution in [-0.2, 0) is 26.1 Å². The van der Waals surface area contributed by atoms with Gasteiger partial charge in [0.25, 0.3) is 31.7 Å². The monoisotopic (exact) mass is 589 g/mol. The Morgan fingerprint density at radius 1 is 1.12 bits per heavy atom. The van der Waals surface area contributed by atoms with Crippen LogP contribution in [0.15, 0.2) is 22.4 Å². The SMILES string of the molecule is Cc1cc2c(cc1Cl)N(CCCS(=O)(=O)O)C(=Cc1sc3c(Cl)oc(Cl)c3[n+]1CS(=O)(=O)O)O2. The Labute approximate surface area is 213 Å². The third-order valence-corrected chi connectivity index (χ3v) is 8.40. The number of benzene rings is 1. The summed E-state index contributed by atoms with van der Waals surface area (Å²) >= 11 is 19.5. The quantitative estimate of drug-likeness (QED) is 0.303. The van der Waals surface area contributed by atoms with E-state index in [-0.39, 0.29) is 34.8 Å². The van der Waals surface area contributed by atoms with Crippen molar-refractivity contribution < 1.29 is 39.7 Å². The Bertz CT molecular complexity index is 1540. The lowest BCUT2D eigenvalue weighted by atomic mass is 10.2. The topological polar surface area (TPSA) is 138 Å². The molecule has 2 N–H and O–H groups in total. The molecule has 3 heterocycles. The summed E-state index contributed by atoms with van der Waals surface area (Å²) in [6.07, 6.45) is 1.56. The zero-order valence-corrected chi connectivity index (χ0v) is 21.9. The Kier molecular flexibility index (Phi) is 6.85. The van der Waals surface area contributed by atoms with Crippen LogP contribution in [0, 0.1) is 6.92 Å². The number of ether oxygens (including phenoxy) is 1. The molecule has 2 aromatic heterocycles. The Hall–Kier alpha value is -1.58. The van der Waals surface area contributed by atoms with Gasteiger partial charge in [0.05, 0.1) is 17.5 Å². The largest absolute Gasteiger partial charge is 0.438 e. The lowest BCUT2D eigenvalue weighted by Crippen LogP contribution is -2.39. The number of nitrogens with zero attached hydrogens (tertiary/aromatic N) is 2. The summed E-state index contributed by atoms with van der Waals surface area (Å²) in [4.78, 5) is 1.64. The van der Waals surface area contributed by atoms with E-state index in [0.29, 0.717) is 26.2 Å². The summed E-state index contributed by atoms with van der Waals surface area (Å²) in [6.45, 7) is 1.92. The zero-order valence-electron chi connectivity index (χ0n) is 17.2. The molecular formula is C18H16Cl3N2O8S3+. The maximum absolute atomic E-state index is 11.7. The minimum atomic E-state index is -4.48. The molecule has 0 aliphatic carbocycles. The van der Waals surface area contributed by atoms with E-state index in [0.717, 1.165) is 16.9 Å². The predicted octanol–water partition coefficient (Wildman–Crippen LogP) is 4.37. The average molecular weight is 591 g/mol. The van der Waals surface area contributed by atoms with Gasteiger partial charge in [-0.15, -0.1) is 0 Å². The summed E-state index contributed by atoms with van der Waals surface area (Å²) < 4.78 is 77.0. The molecule has 1 aliphatic heterocycles. The highest BCUT2D eigenvalue weighted by molar-refractivity contribution is 7.85. The van der Waals surface area contributed by atoms with Gasteiger partial charge in [0.2, 0.25) is 11.1 Å². The lowest BCUT2D eigenvalue weighted by molar-refractivity contribution is -0.649. The second kappa shape index (κ2) is 9.13. The van der Waals surface area contributed by atoms with E-state index < -0.39 is 31.9 Å². The van der Waals surface area contributed by atoms with E-state index in [2.05, 4.69) is 0 Å². The Balaban J connectivity index is 1.83. The minimum Gasteiger partial charge on any atom is -0.438 e. The van der Waals surface area contributed by atoms with Gasteiger partial charge in [-0.25, -0.2) is 0 Å². The third-order valence-electron chi connectivity index (χ3n) is 4.84. The van der Waals surface area contributed by atoms with Gasteiger partial charge in [0.1, 0.15) is 0 Å². The first kappa shape index (κ1) is 25.5. The van der Waals surface area contributed by atoms with Crippen LogP contribution < -0.4 is 14.2 Å². The number of hydrogen-bond acceptors (Lipinski definition) is 8. The molecule has 0 atom stereocenters. The number of halogens is 3. The molecule has 1 aromatic carbocycles. The van der Waals surface area contributed by atoms with Gasteiger partial charge in [0.15, 0.2) is 10.4 Å². The summed E-state index contributed by atoms with van der Waals surface area (Å²) in [5, 5.41) is 0.543. The van der Waals surface area contributed by atoms with Crippen LogP contribution in [0.1, 0.15) is 17.0 Å². The second-order valence-electron chi connectivity index (χ2n) is 7.35. The highest BCUT2D eigenvalue weighted by atomic mass is 35.5. The molecule has 0 unspecified atom stereocenters.